The number of carbonyl (C=O) groups is 3. The van der Waals surface area contributed by atoms with E-state index in [0.29, 0.717) is 64.7 Å². The highest BCUT2D eigenvalue weighted by Gasteiger charge is 2.24. The lowest BCUT2D eigenvalue weighted by atomic mass is 9.89. The number of hydrogen-bond donors (Lipinski definition) is 3. The van der Waals surface area contributed by atoms with Crippen molar-refractivity contribution in [3.63, 3.8) is 0 Å². The van der Waals surface area contributed by atoms with Crippen LogP contribution in [0.1, 0.15) is 47.0 Å². The molecule has 3 N–H and O–H groups in total. The van der Waals surface area contributed by atoms with Gasteiger partial charge in [0.2, 0.25) is 5.91 Å². The molecule has 0 aromatic heterocycles. The molecule has 10 heteroatoms. The van der Waals surface area contributed by atoms with Crippen molar-refractivity contribution in [1.29, 1.82) is 0 Å². The minimum absolute atomic E-state index is 0.0752. The summed E-state index contributed by atoms with van der Waals surface area (Å²) in [5.41, 5.74) is -0.00496. The van der Waals surface area contributed by atoms with Crippen LogP contribution in [0, 0.1) is 5.41 Å². The second kappa shape index (κ2) is 19.3. The Morgan fingerprint density at radius 3 is 1.76 bits per heavy atom. The molecule has 10 nitrogen and oxygen atoms in total. The van der Waals surface area contributed by atoms with Crippen LogP contribution in [0.25, 0.3) is 0 Å². The van der Waals surface area contributed by atoms with E-state index in [4.69, 9.17) is 18.9 Å². The van der Waals surface area contributed by atoms with Crippen molar-refractivity contribution in [2.75, 3.05) is 65.9 Å². The lowest BCUT2D eigenvalue weighted by Gasteiger charge is -2.21. The smallest absolute Gasteiger partial charge is 0.333 e. The van der Waals surface area contributed by atoms with Crippen molar-refractivity contribution >= 4 is 17.9 Å². The number of amides is 3. The van der Waals surface area contributed by atoms with Gasteiger partial charge in [-0.25, -0.2) is 9.59 Å². The van der Waals surface area contributed by atoms with Gasteiger partial charge in [-0.1, -0.05) is 27.4 Å². The molecule has 0 aromatic carbocycles. The van der Waals surface area contributed by atoms with Crippen molar-refractivity contribution in [1.82, 2.24) is 16.0 Å². The Bertz CT molecular complexity index is 582. The lowest BCUT2D eigenvalue weighted by Crippen LogP contribution is -2.38. The Kier molecular flexibility index (Phi) is 18.0. The van der Waals surface area contributed by atoms with Gasteiger partial charge in [-0.3, -0.25) is 4.79 Å². The summed E-state index contributed by atoms with van der Waals surface area (Å²) < 4.78 is 21.2. The predicted octanol–water partition coefficient (Wildman–Crippen LogP) is 1.79. The van der Waals surface area contributed by atoms with Crippen molar-refractivity contribution in [2.24, 2.45) is 5.41 Å². The second-order valence-corrected chi connectivity index (χ2v) is 8.14. The summed E-state index contributed by atoms with van der Waals surface area (Å²) in [6, 6.07) is -0.322. The van der Waals surface area contributed by atoms with Crippen LogP contribution in [0.2, 0.25) is 0 Å². The maximum absolute atomic E-state index is 11.9. The zero-order valence-corrected chi connectivity index (χ0v) is 20.8. The fourth-order valence-electron chi connectivity index (χ4n) is 2.19. The van der Waals surface area contributed by atoms with E-state index in [1.807, 2.05) is 20.8 Å². The minimum atomic E-state index is -0.473. The molecule has 33 heavy (non-hydrogen) atoms. The Hall–Kier alpha value is -2.17. The number of nitrogens with one attached hydrogen (secondary N) is 3. The van der Waals surface area contributed by atoms with Crippen LogP contribution in [0.4, 0.5) is 4.79 Å². The summed E-state index contributed by atoms with van der Waals surface area (Å²) in [6.07, 6.45) is 2.25. The molecule has 192 valence electrons. The molecule has 0 saturated heterocycles. The van der Waals surface area contributed by atoms with E-state index in [1.165, 1.54) is 0 Å². The number of ether oxygens (including phenoxy) is 4. The van der Waals surface area contributed by atoms with Crippen LogP contribution >= 0.6 is 0 Å². The zero-order valence-electron chi connectivity index (χ0n) is 20.8. The Morgan fingerprint density at radius 1 is 0.758 bits per heavy atom. The van der Waals surface area contributed by atoms with Gasteiger partial charge in [-0.05, 0) is 26.2 Å². The largest absolute Gasteiger partial charge is 0.460 e. The van der Waals surface area contributed by atoms with Crippen molar-refractivity contribution in [3.05, 3.63) is 12.2 Å². The first-order valence-electron chi connectivity index (χ1n) is 11.6. The summed E-state index contributed by atoms with van der Waals surface area (Å²) >= 11 is 0. The Balaban J connectivity index is 3.32. The Morgan fingerprint density at radius 2 is 1.24 bits per heavy atom. The summed E-state index contributed by atoms with van der Waals surface area (Å²) in [7, 11) is 0. The number of hydrogen-bond acceptors (Lipinski definition) is 7. The molecule has 0 radical (unpaired) electrons. The van der Waals surface area contributed by atoms with E-state index in [9.17, 15) is 14.4 Å². The second-order valence-electron chi connectivity index (χ2n) is 8.14. The van der Waals surface area contributed by atoms with Gasteiger partial charge in [-0.2, -0.15) is 0 Å². The third-order valence-electron chi connectivity index (χ3n) is 4.71. The molecule has 0 aliphatic rings. The van der Waals surface area contributed by atoms with Gasteiger partial charge >= 0.3 is 12.0 Å². The number of esters is 1. The molecule has 0 aromatic rings. The van der Waals surface area contributed by atoms with Crippen LogP contribution in [-0.4, -0.2) is 83.8 Å². The molecule has 0 aliphatic carbocycles. The van der Waals surface area contributed by atoms with Gasteiger partial charge in [0.15, 0.2) is 0 Å². The third-order valence-corrected chi connectivity index (χ3v) is 4.71. The number of rotatable bonds is 20. The monoisotopic (exact) mass is 473 g/mol. The predicted molar refractivity (Wildman–Crippen MR) is 126 cm³/mol. The van der Waals surface area contributed by atoms with Crippen LogP contribution < -0.4 is 16.0 Å². The van der Waals surface area contributed by atoms with E-state index in [2.05, 4.69) is 22.5 Å². The molecule has 0 aliphatic heterocycles. The van der Waals surface area contributed by atoms with E-state index in [1.54, 1.807) is 6.92 Å². The normalized spacial score (nSPS) is 11.0. The van der Waals surface area contributed by atoms with Gasteiger partial charge in [0.1, 0.15) is 6.61 Å². The fourth-order valence-corrected chi connectivity index (χ4v) is 2.19. The molecule has 0 atom stereocenters. The molecule has 0 spiro atoms. The molecule has 3 amide bonds. The SMILES string of the molecule is C=C(C)C(=O)OCCNC(=O)NCCCOCCOCCOCCCNC(=O)C(C)(C)CC. The summed E-state index contributed by atoms with van der Waals surface area (Å²) in [5.74, 6) is -0.397. The maximum Gasteiger partial charge on any atom is 0.333 e. The van der Waals surface area contributed by atoms with Crippen LogP contribution in [0.5, 0.6) is 0 Å². The van der Waals surface area contributed by atoms with E-state index in [0.717, 1.165) is 12.8 Å². The zero-order chi connectivity index (χ0) is 25.0. The highest BCUT2D eigenvalue weighted by molar-refractivity contribution is 5.86. The first-order valence-corrected chi connectivity index (χ1v) is 11.6. The molecule has 0 bridgehead atoms. The first kappa shape index (κ1) is 30.8. The van der Waals surface area contributed by atoms with Crippen molar-refractivity contribution < 1.29 is 33.3 Å². The van der Waals surface area contributed by atoms with E-state index in [-0.39, 0.29) is 30.5 Å². The van der Waals surface area contributed by atoms with E-state index >= 15 is 0 Å². The van der Waals surface area contributed by atoms with Crippen molar-refractivity contribution in [2.45, 2.75) is 47.0 Å². The minimum Gasteiger partial charge on any atom is -0.460 e. The molecule has 0 saturated carbocycles. The van der Waals surface area contributed by atoms with Gasteiger partial charge < -0.3 is 34.9 Å². The van der Waals surface area contributed by atoms with Gasteiger partial charge in [0.05, 0.1) is 33.0 Å². The molecule has 0 rings (SSSR count). The van der Waals surface area contributed by atoms with Crippen LogP contribution in [0.15, 0.2) is 12.2 Å². The molecular weight excluding hydrogens is 430 g/mol. The number of carbonyl (C=O) groups excluding carboxylic acids is 3. The summed E-state index contributed by atoms with van der Waals surface area (Å²) in [6.45, 7) is 15.4. The van der Waals surface area contributed by atoms with Gasteiger partial charge in [0, 0.05) is 37.3 Å². The third kappa shape index (κ3) is 18.0. The molecule has 0 fully saturated rings. The number of urea groups is 1. The standard InChI is InChI=1S/C23H43N3O7/c1-6-23(4,5)21(28)24-9-7-12-30-15-17-32-18-16-31-13-8-10-25-22(29)26-11-14-33-20(27)19(2)3/h2,6-18H2,1,3-5H3,(H,24,28)(H2,25,26,29). The molecule has 0 heterocycles. The van der Waals surface area contributed by atoms with E-state index < -0.39 is 5.97 Å². The molecular formula is C23H43N3O7. The Labute approximate surface area is 198 Å². The maximum atomic E-state index is 11.9. The highest BCUT2D eigenvalue weighted by Crippen LogP contribution is 2.19. The highest BCUT2D eigenvalue weighted by atomic mass is 16.5. The van der Waals surface area contributed by atoms with Gasteiger partial charge in [0.25, 0.3) is 0 Å². The first-order chi connectivity index (χ1) is 15.7. The average Bonchev–Trinajstić information content (AvgIpc) is 2.78. The molecule has 0 unspecified atom stereocenters. The van der Waals surface area contributed by atoms with Gasteiger partial charge in [-0.15, -0.1) is 0 Å². The van der Waals surface area contributed by atoms with Crippen molar-refractivity contribution in [3.8, 4) is 0 Å². The fraction of sp³-hybridized carbons (Fsp3) is 0.783. The topological polar surface area (TPSA) is 124 Å². The quantitative estimate of drug-likeness (QED) is 0.140. The summed E-state index contributed by atoms with van der Waals surface area (Å²) in [4.78, 5) is 34.6. The van der Waals surface area contributed by atoms with Crippen LogP contribution in [-0.2, 0) is 28.5 Å². The van der Waals surface area contributed by atoms with Crippen LogP contribution in [0.3, 0.4) is 0 Å². The average molecular weight is 474 g/mol. The summed E-state index contributed by atoms with van der Waals surface area (Å²) in [5, 5.41) is 8.21. The lowest BCUT2D eigenvalue weighted by molar-refractivity contribution is -0.138.